The number of fused-ring (bicyclic) bond motifs is 1. The summed E-state index contributed by atoms with van der Waals surface area (Å²) < 4.78 is 14.3. The van der Waals surface area contributed by atoms with Gasteiger partial charge in [0.2, 0.25) is 0 Å². The highest BCUT2D eigenvalue weighted by atomic mass is 79.9. The van der Waals surface area contributed by atoms with Crippen LogP contribution in [0.3, 0.4) is 0 Å². The number of hydrogen-bond acceptors (Lipinski definition) is 4. The summed E-state index contributed by atoms with van der Waals surface area (Å²) in [7, 11) is 0. The molecule has 120 valence electrons. The van der Waals surface area contributed by atoms with Gasteiger partial charge in [-0.2, -0.15) is 0 Å². The Hall–Kier alpha value is -1.14. The molecule has 22 heavy (non-hydrogen) atoms. The Morgan fingerprint density at radius 1 is 1.27 bits per heavy atom. The maximum Gasteiger partial charge on any atom is 0.136 e. The van der Waals surface area contributed by atoms with Crippen LogP contribution >= 0.6 is 15.9 Å². The molecular formula is C16H22BrN3O2. The van der Waals surface area contributed by atoms with E-state index in [4.69, 9.17) is 9.47 Å². The van der Waals surface area contributed by atoms with Crippen molar-refractivity contribution in [2.45, 2.75) is 45.8 Å². The van der Waals surface area contributed by atoms with E-state index in [-0.39, 0.29) is 5.60 Å². The standard InChI is InChI=1S/C16H22BrN3O2/c1-16(2,3)22-9-8-21-13-7-6-12-15(14(13)17)18-19-20(12)10-11-4-5-11/h6-7,11H,4-5,8-10H2,1-3H3. The minimum Gasteiger partial charge on any atom is -0.490 e. The molecule has 0 saturated heterocycles. The first kappa shape index (κ1) is 15.7. The molecule has 1 heterocycles. The molecule has 2 aromatic rings. The fraction of sp³-hybridized carbons (Fsp3) is 0.625. The SMILES string of the molecule is CC(C)(C)OCCOc1ccc2c(nnn2CC2CC2)c1Br. The molecule has 5 nitrogen and oxygen atoms in total. The van der Waals surface area contributed by atoms with Crippen LogP contribution in [0.4, 0.5) is 0 Å². The average molecular weight is 368 g/mol. The highest BCUT2D eigenvalue weighted by molar-refractivity contribution is 9.10. The third-order valence-electron chi connectivity index (χ3n) is 3.59. The van der Waals surface area contributed by atoms with E-state index >= 15 is 0 Å². The molecule has 1 fully saturated rings. The van der Waals surface area contributed by atoms with Gasteiger partial charge in [-0.1, -0.05) is 5.21 Å². The van der Waals surface area contributed by atoms with E-state index in [2.05, 4.69) is 26.2 Å². The van der Waals surface area contributed by atoms with Gasteiger partial charge in [0.1, 0.15) is 17.9 Å². The van der Waals surface area contributed by atoms with Crippen molar-refractivity contribution in [1.29, 1.82) is 0 Å². The lowest BCUT2D eigenvalue weighted by Gasteiger charge is -2.19. The number of benzene rings is 1. The van der Waals surface area contributed by atoms with Gasteiger partial charge < -0.3 is 9.47 Å². The lowest BCUT2D eigenvalue weighted by molar-refractivity contribution is -0.0163. The Kier molecular flexibility index (Phi) is 4.41. The lowest BCUT2D eigenvalue weighted by atomic mass is 10.2. The van der Waals surface area contributed by atoms with Gasteiger partial charge in [-0.05, 0) is 67.6 Å². The summed E-state index contributed by atoms with van der Waals surface area (Å²) in [5, 5.41) is 8.54. The lowest BCUT2D eigenvalue weighted by Crippen LogP contribution is -2.22. The summed E-state index contributed by atoms with van der Waals surface area (Å²) in [6.45, 7) is 8.13. The van der Waals surface area contributed by atoms with Crippen LogP contribution < -0.4 is 4.74 Å². The fourth-order valence-corrected chi connectivity index (χ4v) is 2.81. The number of rotatable bonds is 6. The molecule has 1 aromatic heterocycles. The molecule has 0 atom stereocenters. The molecule has 1 aliphatic rings. The molecule has 0 bridgehead atoms. The van der Waals surface area contributed by atoms with E-state index in [0.29, 0.717) is 13.2 Å². The van der Waals surface area contributed by atoms with Gasteiger partial charge in [0.05, 0.1) is 22.2 Å². The summed E-state index contributed by atoms with van der Waals surface area (Å²) >= 11 is 3.59. The smallest absolute Gasteiger partial charge is 0.136 e. The van der Waals surface area contributed by atoms with Crippen LogP contribution in [0.5, 0.6) is 5.75 Å². The molecule has 0 unspecified atom stereocenters. The predicted molar refractivity (Wildman–Crippen MR) is 89.2 cm³/mol. The Bertz CT molecular complexity index is 659. The Labute approximate surface area is 139 Å². The molecule has 3 rings (SSSR count). The van der Waals surface area contributed by atoms with Crippen molar-refractivity contribution >= 4 is 27.0 Å². The first-order chi connectivity index (χ1) is 10.4. The third kappa shape index (κ3) is 3.79. The quantitative estimate of drug-likeness (QED) is 0.728. The van der Waals surface area contributed by atoms with E-state index in [1.54, 1.807) is 0 Å². The van der Waals surface area contributed by atoms with Gasteiger partial charge >= 0.3 is 0 Å². The van der Waals surface area contributed by atoms with Crippen LogP contribution in [0, 0.1) is 5.92 Å². The van der Waals surface area contributed by atoms with Crippen molar-refractivity contribution in [1.82, 2.24) is 15.0 Å². The maximum absolute atomic E-state index is 5.79. The van der Waals surface area contributed by atoms with E-state index in [0.717, 1.165) is 33.7 Å². The van der Waals surface area contributed by atoms with Gasteiger partial charge in [0, 0.05) is 6.54 Å². The Morgan fingerprint density at radius 3 is 2.73 bits per heavy atom. The first-order valence-electron chi connectivity index (χ1n) is 7.72. The predicted octanol–water partition coefficient (Wildman–Crippen LogP) is 3.80. The normalized spacial score (nSPS) is 15.5. The largest absolute Gasteiger partial charge is 0.490 e. The fourth-order valence-electron chi connectivity index (χ4n) is 2.28. The Morgan fingerprint density at radius 2 is 2.05 bits per heavy atom. The van der Waals surface area contributed by atoms with Crippen LogP contribution in [-0.4, -0.2) is 33.8 Å². The minimum atomic E-state index is -0.143. The summed E-state index contributed by atoms with van der Waals surface area (Å²) in [5.41, 5.74) is 1.77. The molecule has 1 aromatic carbocycles. The van der Waals surface area contributed by atoms with Crippen LogP contribution in [0.15, 0.2) is 16.6 Å². The molecule has 1 saturated carbocycles. The van der Waals surface area contributed by atoms with E-state index in [1.165, 1.54) is 12.8 Å². The average Bonchev–Trinajstić information content (AvgIpc) is 3.16. The van der Waals surface area contributed by atoms with Crippen molar-refractivity contribution in [2.75, 3.05) is 13.2 Å². The molecule has 0 N–H and O–H groups in total. The van der Waals surface area contributed by atoms with Crippen LogP contribution in [0.2, 0.25) is 0 Å². The molecular weight excluding hydrogens is 346 g/mol. The van der Waals surface area contributed by atoms with Crippen molar-refractivity contribution in [3.63, 3.8) is 0 Å². The zero-order chi connectivity index (χ0) is 15.7. The summed E-state index contributed by atoms with van der Waals surface area (Å²) in [6, 6.07) is 4.00. The number of halogens is 1. The summed E-state index contributed by atoms with van der Waals surface area (Å²) in [4.78, 5) is 0. The monoisotopic (exact) mass is 367 g/mol. The van der Waals surface area contributed by atoms with Gasteiger partial charge in [0.15, 0.2) is 0 Å². The molecule has 0 amide bonds. The number of aromatic nitrogens is 3. The molecule has 0 radical (unpaired) electrons. The van der Waals surface area contributed by atoms with Crippen LogP contribution in [-0.2, 0) is 11.3 Å². The van der Waals surface area contributed by atoms with Gasteiger partial charge in [-0.25, -0.2) is 4.68 Å². The van der Waals surface area contributed by atoms with Crippen molar-refractivity contribution in [3.05, 3.63) is 16.6 Å². The highest BCUT2D eigenvalue weighted by Crippen LogP contribution is 2.34. The molecule has 0 spiro atoms. The summed E-state index contributed by atoms with van der Waals surface area (Å²) in [6.07, 6.45) is 2.61. The Balaban J connectivity index is 1.67. The van der Waals surface area contributed by atoms with Gasteiger partial charge in [-0.3, -0.25) is 0 Å². The first-order valence-corrected chi connectivity index (χ1v) is 8.52. The maximum atomic E-state index is 5.79. The topological polar surface area (TPSA) is 49.2 Å². The van der Waals surface area contributed by atoms with E-state index in [9.17, 15) is 0 Å². The number of nitrogens with zero attached hydrogens (tertiary/aromatic N) is 3. The van der Waals surface area contributed by atoms with Crippen molar-refractivity contribution in [3.8, 4) is 5.75 Å². The van der Waals surface area contributed by atoms with E-state index in [1.807, 2.05) is 37.6 Å². The van der Waals surface area contributed by atoms with Crippen LogP contribution in [0.25, 0.3) is 11.0 Å². The van der Waals surface area contributed by atoms with Crippen molar-refractivity contribution < 1.29 is 9.47 Å². The van der Waals surface area contributed by atoms with Gasteiger partial charge in [-0.15, -0.1) is 5.10 Å². The molecule has 1 aliphatic carbocycles. The van der Waals surface area contributed by atoms with Crippen LogP contribution in [0.1, 0.15) is 33.6 Å². The molecule has 6 heteroatoms. The van der Waals surface area contributed by atoms with E-state index < -0.39 is 0 Å². The third-order valence-corrected chi connectivity index (χ3v) is 4.36. The molecule has 0 aliphatic heterocycles. The second-order valence-electron chi connectivity index (χ2n) is 6.77. The van der Waals surface area contributed by atoms with Crippen molar-refractivity contribution in [2.24, 2.45) is 5.92 Å². The number of ether oxygens (including phenoxy) is 2. The second-order valence-corrected chi connectivity index (χ2v) is 7.56. The number of hydrogen-bond donors (Lipinski definition) is 0. The van der Waals surface area contributed by atoms with Gasteiger partial charge in [0.25, 0.3) is 0 Å². The minimum absolute atomic E-state index is 0.143. The highest BCUT2D eigenvalue weighted by Gasteiger charge is 2.23. The second kappa shape index (κ2) is 6.16. The zero-order valence-corrected chi connectivity index (χ0v) is 14.9. The zero-order valence-electron chi connectivity index (χ0n) is 13.3. The summed E-state index contributed by atoms with van der Waals surface area (Å²) in [5.74, 6) is 1.55.